The lowest BCUT2D eigenvalue weighted by molar-refractivity contribution is 0.0996. The van der Waals surface area contributed by atoms with Crippen molar-refractivity contribution in [3.05, 3.63) is 65.0 Å². The fourth-order valence-corrected chi connectivity index (χ4v) is 4.47. The Morgan fingerprint density at radius 3 is 2.83 bits per heavy atom. The van der Waals surface area contributed by atoms with Gasteiger partial charge < -0.3 is 14.0 Å². The predicted octanol–water partition coefficient (Wildman–Crippen LogP) is 4.74. The number of benzene rings is 2. The maximum absolute atomic E-state index is 12.8. The van der Waals surface area contributed by atoms with Gasteiger partial charge in [-0.1, -0.05) is 36.8 Å². The van der Waals surface area contributed by atoms with Gasteiger partial charge in [0.15, 0.2) is 16.3 Å². The Kier molecular flexibility index (Phi) is 5.81. The number of ether oxygens (including phenoxy) is 2. The molecule has 1 aliphatic rings. The lowest BCUT2D eigenvalue weighted by Crippen LogP contribution is -2.17. The van der Waals surface area contributed by atoms with Crippen molar-refractivity contribution in [1.29, 1.82) is 0 Å². The number of carbonyl (C=O) groups excluding carboxylic acids is 1. The Bertz CT molecular complexity index is 1130. The summed E-state index contributed by atoms with van der Waals surface area (Å²) in [5.74, 6) is 0.960. The van der Waals surface area contributed by atoms with Crippen molar-refractivity contribution in [3.63, 3.8) is 0 Å². The van der Waals surface area contributed by atoms with Gasteiger partial charge in [0.1, 0.15) is 13.2 Å². The second-order valence-corrected chi connectivity index (χ2v) is 7.97. The molecule has 2 heterocycles. The molecule has 0 unspecified atom stereocenters. The Morgan fingerprint density at radius 2 is 2.03 bits per heavy atom. The number of thiazole rings is 1. The predicted molar refractivity (Wildman–Crippen MR) is 116 cm³/mol. The zero-order chi connectivity index (χ0) is 20.2. The highest BCUT2D eigenvalue weighted by Gasteiger charge is 2.15. The van der Waals surface area contributed by atoms with Gasteiger partial charge in [-0.3, -0.25) is 4.79 Å². The first-order valence-electron chi connectivity index (χ1n) is 9.91. The molecular formula is C23H24N2O3S. The van der Waals surface area contributed by atoms with E-state index in [0.717, 1.165) is 16.6 Å². The summed E-state index contributed by atoms with van der Waals surface area (Å²) in [6.45, 7) is 7.66. The van der Waals surface area contributed by atoms with Crippen LogP contribution < -0.4 is 14.3 Å². The SMILES string of the molecule is C=CCn1c(=NC(=O)c2ccc3c(c2)OCCO3)sc2cc(CCCC)ccc21. The summed E-state index contributed by atoms with van der Waals surface area (Å²) < 4.78 is 14.3. The van der Waals surface area contributed by atoms with Crippen molar-refractivity contribution in [2.24, 2.45) is 4.99 Å². The summed E-state index contributed by atoms with van der Waals surface area (Å²) in [6, 6.07) is 11.7. The Hall–Kier alpha value is -2.86. The molecule has 150 valence electrons. The third kappa shape index (κ3) is 4.12. The van der Waals surface area contributed by atoms with Gasteiger partial charge in [0.25, 0.3) is 5.91 Å². The first kappa shape index (κ1) is 19.5. The number of rotatable bonds is 6. The molecule has 1 aromatic heterocycles. The van der Waals surface area contributed by atoms with Gasteiger partial charge in [-0.15, -0.1) is 6.58 Å². The molecule has 5 nitrogen and oxygen atoms in total. The highest BCUT2D eigenvalue weighted by atomic mass is 32.1. The van der Waals surface area contributed by atoms with Gasteiger partial charge in [0, 0.05) is 12.1 Å². The summed E-state index contributed by atoms with van der Waals surface area (Å²) in [5, 5.41) is 0. The Labute approximate surface area is 173 Å². The van der Waals surface area contributed by atoms with E-state index in [0.29, 0.717) is 41.6 Å². The number of hydrogen-bond acceptors (Lipinski definition) is 4. The summed E-state index contributed by atoms with van der Waals surface area (Å²) in [7, 11) is 0. The van der Waals surface area contributed by atoms with Crippen molar-refractivity contribution >= 4 is 27.5 Å². The minimum atomic E-state index is -0.294. The minimum absolute atomic E-state index is 0.294. The molecule has 0 radical (unpaired) electrons. The summed E-state index contributed by atoms with van der Waals surface area (Å²) in [5.41, 5.74) is 2.88. The van der Waals surface area contributed by atoms with Crippen LogP contribution in [0.15, 0.2) is 54.0 Å². The van der Waals surface area contributed by atoms with E-state index in [1.165, 1.54) is 29.7 Å². The third-order valence-electron chi connectivity index (χ3n) is 4.86. The lowest BCUT2D eigenvalue weighted by atomic mass is 10.1. The second-order valence-electron chi connectivity index (χ2n) is 6.96. The quantitative estimate of drug-likeness (QED) is 0.554. The number of aryl methyl sites for hydroxylation is 1. The largest absolute Gasteiger partial charge is 0.486 e. The van der Waals surface area contributed by atoms with E-state index in [1.54, 1.807) is 18.2 Å². The van der Waals surface area contributed by atoms with Crippen LogP contribution >= 0.6 is 11.3 Å². The van der Waals surface area contributed by atoms with Crippen molar-refractivity contribution in [2.75, 3.05) is 13.2 Å². The molecule has 3 aromatic rings. The van der Waals surface area contributed by atoms with Crippen LogP contribution in [0.25, 0.3) is 10.2 Å². The van der Waals surface area contributed by atoms with E-state index in [1.807, 2.05) is 10.6 Å². The van der Waals surface area contributed by atoms with Crippen LogP contribution in [0.1, 0.15) is 35.7 Å². The molecule has 0 atom stereocenters. The minimum Gasteiger partial charge on any atom is -0.486 e. The number of nitrogens with zero attached hydrogens (tertiary/aromatic N) is 2. The third-order valence-corrected chi connectivity index (χ3v) is 5.91. The van der Waals surface area contributed by atoms with E-state index < -0.39 is 0 Å². The number of amides is 1. The molecule has 1 amide bonds. The van der Waals surface area contributed by atoms with E-state index in [9.17, 15) is 4.79 Å². The molecule has 2 aromatic carbocycles. The number of hydrogen-bond donors (Lipinski definition) is 0. The fourth-order valence-electron chi connectivity index (χ4n) is 3.37. The Balaban J connectivity index is 1.73. The highest BCUT2D eigenvalue weighted by Crippen LogP contribution is 2.31. The molecule has 0 aliphatic carbocycles. The highest BCUT2D eigenvalue weighted by molar-refractivity contribution is 7.16. The summed E-state index contributed by atoms with van der Waals surface area (Å²) in [4.78, 5) is 17.9. The number of allylic oxidation sites excluding steroid dienone is 1. The van der Waals surface area contributed by atoms with E-state index >= 15 is 0 Å². The maximum Gasteiger partial charge on any atom is 0.279 e. The van der Waals surface area contributed by atoms with E-state index in [-0.39, 0.29) is 5.91 Å². The van der Waals surface area contributed by atoms with Crippen LogP contribution in [0.2, 0.25) is 0 Å². The zero-order valence-corrected chi connectivity index (χ0v) is 17.3. The number of fused-ring (bicyclic) bond motifs is 2. The molecule has 1 aliphatic heterocycles. The molecule has 4 rings (SSSR count). The molecule has 0 bridgehead atoms. The van der Waals surface area contributed by atoms with E-state index in [2.05, 4.69) is 36.7 Å². The van der Waals surface area contributed by atoms with Gasteiger partial charge in [0.05, 0.1) is 10.2 Å². The van der Waals surface area contributed by atoms with Crippen molar-refractivity contribution in [1.82, 2.24) is 4.57 Å². The lowest BCUT2D eigenvalue weighted by Gasteiger charge is -2.18. The van der Waals surface area contributed by atoms with Crippen LogP contribution in [0, 0.1) is 0 Å². The number of unbranched alkanes of at least 4 members (excludes halogenated alkanes) is 1. The average molecular weight is 409 g/mol. The van der Waals surface area contributed by atoms with Gasteiger partial charge >= 0.3 is 0 Å². The normalized spacial score (nSPS) is 13.6. The van der Waals surface area contributed by atoms with Crippen LogP contribution in [-0.4, -0.2) is 23.7 Å². The van der Waals surface area contributed by atoms with E-state index in [4.69, 9.17) is 9.47 Å². The molecule has 0 saturated carbocycles. The zero-order valence-electron chi connectivity index (χ0n) is 16.5. The molecule has 0 N–H and O–H groups in total. The van der Waals surface area contributed by atoms with Crippen LogP contribution in [0.4, 0.5) is 0 Å². The first-order chi connectivity index (χ1) is 14.2. The fraction of sp³-hybridized carbons (Fsp3) is 0.304. The molecule has 0 saturated heterocycles. The topological polar surface area (TPSA) is 52.8 Å². The molecular weight excluding hydrogens is 384 g/mol. The van der Waals surface area contributed by atoms with Crippen LogP contribution in [0.3, 0.4) is 0 Å². The summed E-state index contributed by atoms with van der Waals surface area (Å²) in [6.07, 6.45) is 5.23. The summed E-state index contributed by atoms with van der Waals surface area (Å²) >= 11 is 1.53. The van der Waals surface area contributed by atoms with Crippen LogP contribution in [-0.2, 0) is 13.0 Å². The average Bonchev–Trinajstić information content (AvgIpc) is 3.08. The second kappa shape index (κ2) is 8.66. The molecule has 29 heavy (non-hydrogen) atoms. The number of aromatic nitrogens is 1. The van der Waals surface area contributed by atoms with Crippen molar-refractivity contribution in [3.8, 4) is 11.5 Å². The molecule has 6 heteroatoms. The molecule has 0 fully saturated rings. The monoisotopic (exact) mass is 408 g/mol. The van der Waals surface area contributed by atoms with Gasteiger partial charge in [0.2, 0.25) is 0 Å². The van der Waals surface area contributed by atoms with Crippen molar-refractivity contribution in [2.45, 2.75) is 32.7 Å². The standard InChI is InChI=1S/C23H24N2O3S/c1-3-5-6-16-7-9-18-21(14-16)29-23(25(18)11-4-2)24-22(26)17-8-10-19-20(15-17)28-13-12-27-19/h4,7-10,14-15H,2-3,5-6,11-13H2,1H3. The first-order valence-corrected chi connectivity index (χ1v) is 10.7. The number of carbonyl (C=O) groups is 1. The Morgan fingerprint density at radius 1 is 1.21 bits per heavy atom. The van der Waals surface area contributed by atoms with Crippen LogP contribution in [0.5, 0.6) is 11.5 Å². The van der Waals surface area contributed by atoms with Gasteiger partial charge in [-0.05, 0) is 48.7 Å². The van der Waals surface area contributed by atoms with Gasteiger partial charge in [-0.2, -0.15) is 4.99 Å². The smallest absolute Gasteiger partial charge is 0.279 e. The van der Waals surface area contributed by atoms with Crippen molar-refractivity contribution < 1.29 is 14.3 Å². The molecule has 0 spiro atoms. The maximum atomic E-state index is 12.8. The van der Waals surface area contributed by atoms with Gasteiger partial charge in [-0.25, -0.2) is 0 Å².